The molecule has 0 radical (unpaired) electrons. The van der Waals surface area contributed by atoms with Crippen LogP contribution in [0.3, 0.4) is 0 Å². The van der Waals surface area contributed by atoms with Crippen LogP contribution in [-0.2, 0) is 22.6 Å². The summed E-state index contributed by atoms with van der Waals surface area (Å²) < 4.78 is 13.8. The van der Waals surface area contributed by atoms with Gasteiger partial charge in [0.15, 0.2) is 0 Å². The van der Waals surface area contributed by atoms with Gasteiger partial charge in [0, 0.05) is 47.8 Å². The fourth-order valence-electron chi connectivity index (χ4n) is 4.27. The van der Waals surface area contributed by atoms with E-state index in [9.17, 15) is 4.79 Å². The number of amides is 2. The molecule has 1 atom stereocenters. The van der Waals surface area contributed by atoms with Crippen LogP contribution in [0.15, 0.2) is 79.1 Å². The van der Waals surface area contributed by atoms with Gasteiger partial charge in [-0.1, -0.05) is 30.3 Å². The van der Waals surface area contributed by atoms with E-state index in [0.717, 1.165) is 46.4 Å². The fourth-order valence-corrected chi connectivity index (χ4v) is 4.27. The molecule has 1 aliphatic rings. The van der Waals surface area contributed by atoms with E-state index in [1.807, 2.05) is 30.3 Å². The van der Waals surface area contributed by atoms with E-state index in [1.54, 1.807) is 12.4 Å². The van der Waals surface area contributed by atoms with E-state index in [0.29, 0.717) is 26.4 Å². The Kier molecular flexibility index (Phi) is 6.84. The van der Waals surface area contributed by atoms with Gasteiger partial charge >= 0.3 is 6.03 Å². The molecular formula is C27H28N4O3. The van der Waals surface area contributed by atoms with E-state index in [1.165, 1.54) is 0 Å². The Morgan fingerprint density at radius 1 is 1.03 bits per heavy atom. The molecule has 1 saturated heterocycles. The highest BCUT2D eigenvalue weighted by Crippen LogP contribution is 2.31. The largest absolute Gasteiger partial charge is 0.376 e. The number of nitrogens with one attached hydrogen (secondary N) is 2. The van der Waals surface area contributed by atoms with Crippen molar-refractivity contribution in [3.05, 3.63) is 84.7 Å². The lowest BCUT2D eigenvalue weighted by atomic mass is 10.1. The first-order valence-electron chi connectivity index (χ1n) is 11.6. The fraction of sp³-hybridized carbons (Fsp3) is 0.259. The summed E-state index contributed by atoms with van der Waals surface area (Å²) in [6.07, 6.45) is 4.41. The summed E-state index contributed by atoms with van der Waals surface area (Å²) in [5.41, 5.74) is 5.17. The van der Waals surface area contributed by atoms with Gasteiger partial charge in [0.25, 0.3) is 0 Å². The first-order valence-corrected chi connectivity index (χ1v) is 11.6. The highest BCUT2D eigenvalue weighted by Gasteiger charge is 2.17. The van der Waals surface area contributed by atoms with Gasteiger partial charge in [-0.2, -0.15) is 0 Å². The number of ether oxygens (including phenoxy) is 2. The van der Waals surface area contributed by atoms with Crippen molar-refractivity contribution in [3.63, 3.8) is 0 Å². The maximum atomic E-state index is 12.4. The van der Waals surface area contributed by atoms with Crippen LogP contribution in [-0.4, -0.2) is 41.5 Å². The molecule has 2 aromatic carbocycles. The minimum absolute atomic E-state index is 0.111. The third-order valence-electron chi connectivity index (χ3n) is 5.99. The molecule has 7 heteroatoms. The van der Waals surface area contributed by atoms with Crippen LogP contribution < -0.4 is 10.6 Å². The van der Waals surface area contributed by atoms with Gasteiger partial charge in [0.05, 0.1) is 25.9 Å². The molecule has 5 rings (SSSR count). The lowest BCUT2D eigenvalue weighted by Crippen LogP contribution is -2.29. The minimum Gasteiger partial charge on any atom is -0.376 e. The Bertz CT molecular complexity index is 1230. The van der Waals surface area contributed by atoms with E-state index in [4.69, 9.17) is 9.47 Å². The van der Waals surface area contributed by atoms with Gasteiger partial charge in [0.1, 0.15) is 0 Å². The minimum atomic E-state index is -0.242. The van der Waals surface area contributed by atoms with Crippen LogP contribution in [0.5, 0.6) is 0 Å². The normalized spacial score (nSPS) is 15.8. The second-order valence-corrected chi connectivity index (χ2v) is 8.34. The number of hydrogen-bond donors (Lipinski definition) is 2. The molecule has 2 N–H and O–H groups in total. The maximum Gasteiger partial charge on any atom is 0.319 e. The number of anilines is 1. The van der Waals surface area contributed by atoms with Crippen molar-refractivity contribution in [3.8, 4) is 11.3 Å². The van der Waals surface area contributed by atoms with Gasteiger partial charge in [0.2, 0.25) is 0 Å². The molecule has 4 aromatic rings. The predicted octanol–water partition coefficient (Wildman–Crippen LogP) is 4.83. The highest BCUT2D eigenvalue weighted by molar-refractivity contribution is 5.94. The van der Waals surface area contributed by atoms with Gasteiger partial charge in [-0.3, -0.25) is 4.98 Å². The van der Waals surface area contributed by atoms with Crippen molar-refractivity contribution < 1.29 is 14.3 Å². The molecule has 174 valence electrons. The Hall–Kier alpha value is -3.68. The summed E-state index contributed by atoms with van der Waals surface area (Å²) in [4.78, 5) is 16.4. The van der Waals surface area contributed by atoms with Crippen LogP contribution in [0.4, 0.5) is 10.5 Å². The second-order valence-electron chi connectivity index (χ2n) is 8.34. The van der Waals surface area contributed by atoms with E-state index in [2.05, 4.69) is 56.6 Å². The molecule has 1 fully saturated rings. The second kappa shape index (κ2) is 10.5. The third-order valence-corrected chi connectivity index (χ3v) is 5.99. The molecule has 2 aromatic heterocycles. The lowest BCUT2D eigenvalue weighted by molar-refractivity contribution is -0.0916. The summed E-state index contributed by atoms with van der Waals surface area (Å²) in [6.45, 7) is 3.23. The first-order chi connectivity index (χ1) is 16.8. The molecule has 2 amide bonds. The van der Waals surface area contributed by atoms with Gasteiger partial charge in [-0.15, -0.1) is 0 Å². The van der Waals surface area contributed by atoms with Crippen molar-refractivity contribution >= 4 is 22.6 Å². The van der Waals surface area contributed by atoms with Crippen LogP contribution in [0, 0.1) is 0 Å². The molecule has 1 aliphatic heterocycles. The zero-order chi connectivity index (χ0) is 23.2. The zero-order valence-electron chi connectivity index (χ0n) is 18.9. The van der Waals surface area contributed by atoms with Crippen molar-refractivity contribution in [2.75, 3.05) is 25.1 Å². The van der Waals surface area contributed by atoms with Gasteiger partial charge < -0.3 is 24.7 Å². The Morgan fingerprint density at radius 3 is 2.68 bits per heavy atom. The van der Waals surface area contributed by atoms with Crippen molar-refractivity contribution in [1.82, 2.24) is 14.9 Å². The van der Waals surface area contributed by atoms with Gasteiger partial charge in [-0.05, 0) is 53.9 Å². The Balaban J connectivity index is 1.35. The van der Waals surface area contributed by atoms with E-state index < -0.39 is 0 Å². The maximum absolute atomic E-state index is 12.4. The first kappa shape index (κ1) is 22.1. The Morgan fingerprint density at radius 2 is 1.88 bits per heavy atom. The Labute approximate surface area is 198 Å². The van der Waals surface area contributed by atoms with Crippen LogP contribution in [0.1, 0.15) is 12.0 Å². The summed E-state index contributed by atoms with van der Waals surface area (Å²) in [5.74, 6) is 0. The number of nitrogens with zero attached hydrogens (tertiary/aromatic N) is 2. The molecule has 3 heterocycles. The van der Waals surface area contributed by atoms with E-state index in [-0.39, 0.29) is 12.1 Å². The molecular weight excluding hydrogens is 428 g/mol. The number of aromatic nitrogens is 2. The highest BCUT2D eigenvalue weighted by atomic mass is 16.6. The smallest absolute Gasteiger partial charge is 0.319 e. The monoisotopic (exact) mass is 456 g/mol. The lowest BCUT2D eigenvalue weighted by Gasteiger charge is -2.23. The van der Waals surface area contributed by atoms with Gasteiger partial charge in [-0.25, -0.2) is 4.79 Å². The number of hydrogen-bond acceptors (Lipinski definition) is 4. The average Bonchev–Trinajstić information content (AvgIpc) is 3.26. The molecule has 7 nitrogen and oxygen atoms in total. The number of carbonyl (C=O) groups excluding carboxylic acids is 1. The summed E-state index contributed by atoms with van der Waals surface area (Å²) >= 11 is 0. The van der Waals surface area contributed by atoms with Crippen LogP contribution in [0.2, 0.25) is 0 Å². The summed E-state index contributed by atoms with van der Waals surface area (Å²) in [7, 11) is 0. The van der Waals surface area contributed by atoms with Crippen molar-refractivity contribution in [2.24, 2.45) is 0 Å². The average molecular weight is 457 g/mol. The molecule has 0 spiro atoms. The quantitative estimate of drug-likeness (QED) is 0.418. The van der Waals surface area contributed by atoms with E-state index >= 15 is 0 Å². The predicted molar refractivity (Wildman–Crippen MR) is 133 cm³/mol. The zero-order valence-corrected chi connectivity index (χ0v) is 18.9. The standard InChI is InChI=1S/C27H28N4O3/c32-27(29-18-20-8-11-28-12-9-20)30-23-6-7-25-22(16-23)17-26(21-4-2-1-3-5-21)31(25)13-10-24-19-33-14-15-34-24/h1-9,11-12,16-17,24H,10,13-15,18-19H2,(H2,29,30,32). The van der Waals surface area contributed by atoms with Crippen molar-refractivity contribution in [1.29, 1.82) is 0 Å². The number of aryl methyl sites for hydroxylation is 1. The number of fused-ring (bicyclic) bond motifs is 1. The number of pyridine rings is 1. The SMILES string of the molecule is O=C(NCc1ccncc1)Nc1ccc2c(c1)cc(-c1ccccc1)n2CCC1COCCO1. The van der Waals surface area contributed by atoms with Crippen LogP contribution >= 0.6 is 0 Å². The van der Waals surface area contributed by atoms with Crippen LogP contribution in [0.25, 0.3) is 22.2 Å². The molecule has 0 bridgehead atoms. The third kappa shape index (κ3) is 5.27. The molecule has 1 unspecified atom stereocenters. The topological polar surface area (TPSA) is 77.4 Å². The summed E-state index contributed by atoms with van der Waals surface area (Å²) in [5, 5.41) is 6.91. The number of urea groups is 1. The molecule has 0 aliphatic carbocycles. The number of carbonyl (C=O) groups is 1. The molecule has 0 saturated carbocycles. The number of rotatable bonds is 7. The molecule has 34 heavy (non-hydrogen) atoms. The summed E-state index contributed by atoms with van der Waals surface area (Å²) in [6, 6.07) is 22.1. The number of benzene rings is 2. The van der Waals surface area contributed by atoms with Crippen molar-refractivity contribution in [2.45, 2.75) is 25.6 Å².